The summed E-state index contributed by atoms with van der Waals surface area (Å²) in [7, 11) is 0. The average Bonchev–Trinajstić information content (AvgIpc) is 2.70. The Morgan fingerprint density at radius 3 is 2.50 bits per heavy atom. The van der Waals surface area contributed by atoms with Gasteiger partial charge in [-0.05, 0) is 6.54 Å². The van der Waals surface area contributed by atoms with Gasteiger partial charge in [-0.1, -0.05) is 30.9 Å². The molecular formula is C11H17N3O2S2. The van der Waals surface area contributed by atoms with E-state index in [1.807, 2.05) is 4.90 Å². The highest BCUT2D eigenvalue weighted by molar-refractivity contribution is 8.23. The van der Waals surface area contributed by atoms with Crippen LogP contribution in [0.5, 0.6) is 0 Å². The van der Waals surface area contributed by atoms with Gasteiger partial charge in [0.2, 0.25) is 11.8 Å². The molecule has 100 valence electrons. The Kier molecular flexibility index (Phi) is 4.58. The molecule has 2 aliphatic rings. The summed E-state index contributed by atoms with van der Waals surface area (Å²) in [4.78, 5) is 29.2. The molecule has 0 spiro atoms. The molecule has 2 saturated heterocycles. The molecule has 5 nitrogen and oxygen atoms in total. The van der Waals surface area contributed by atoms with Gasteiger partial charge in [-0.25, -0.2) is 0 Å². The quantitative estimate of drug-likeness (QED) is 0.684. The van der Waals surface area contributed by atoms with E-state index in [1.54, 1.807) is 0 Å². The number of carbonyl (C=O) groups excluding carboxylic acids is 2. The topological polar surface area (TPSA) is 43.9 Å². The molecule has 2 heterocycles. The molecule has 2 rings (SSSR count). The van der Waals surface area contributed by atoms with Crippen LogP contribution in [0.4, 0.5) is 0 Å². The number of likely N-dealkylation sites (N-methyl/N-ethyl adjacent to an activating group) is 1. The van der Waals surface area contributed by atoms with Crippen LogP contribution in [0.25, 0.3) is 0 Å². The minimum Gasteiger partial charge on any atom is -0.339 e. The molecule has 0 atom stereocenters. The molecule has 0 aliphatic carbocycles. The van der Waals surface area contributed by atoms with E-state index in [4.69, 9.17) is 12.2 Å². The van der Waals surface area contributed by atoms with Crippen molar-refractivity contribution < 1.29 is 9.59 Å². The van der Waals surface area contributed by atoms with Gasteiger partial charge in [0, 0.05) is 26.2 Å². The Morgan fingerprint density at radius 1 is 1.33 bits per heavy atom. The summed E-state index contributed by atoms with van der Waals surface area (Å²) in [6.45, 7) is 6.56. The number of nitrogens with zero attached hydrogens (tertiary/aromatic N) is 3. The normalized spacial score (nSPS) is 21.8. The molecular weight excluding hydrogens is 270 g/mol. The number of carbonyl (C=O) groups is 2. The lowest BCUT2D eigenvalue weighted by molar-refractivity contribution is -0.137. The maximum Gasteiger partial charge on any atom is 0.242 e. The third-order valence-electron chi connectivity index (χ3n) is 3.31. The summed E-state index contributed by atoms with van der Waals surface area (Å²) >= 11 is 6.40. The van der Waals surface area contributed by atoms with E-state index in [9.17, 15) is 9.59 Å². The van der Waals surface area contributed by atoms with E-state index in [-0.39, 0.29) is 18.4 Å². The molecule has 0 saturated carbocycles. The van der Waals surface area contributed by atoms with Crippen LogP contribution in [0, 0.1) is 0 Å². The van der Waals surface area contributed by atoms with Gasteiger partial charge in [0.15, 0.2) is 0 Å². The average molecular weight is 287 g/mol. The lowest BCUT2D eigenvalue weighted by Gasteiger charge is -2.34. The van der Waals surface area contributed by atoms with Crippen molar-refractivity contribution in [3.05, 3.63) is 0 Å². The van der Waals surface area contributed by atoms with Crippen LogP contribution in [0.1, 0.15) is 6.92 Å². The smallest absolute Gasteiger partial charge is 0.242 e. The van der Waals surface area contributed by atoms with E-state index in [1.165, 1.54) is 16.7 Å². The molecule has 2 amide bonds. The van der Waals surface area contributed by atoms with Crippen molar-refractivity contribution in [1.29, 1.82) is 0 Å². The Hall–Kier alpha value is -0.660. The number of rotatable bonds is 3. The lowest BCUT2D eigenvalue weighted by Crippen LogP contribution is -2.51. The third kappa shape index (κ3) is 3.02. The molecule has 7 heteroatoms. The minimum atomic E-state index is -0.0504. The summed E-state index contributed by atoms with van der Waals surface area (Å²) in [5.41, 5.74) is 0. The fraction of sp³-hybridized carbons (Fsp3) is 0.727. The van der Waals surface area contributed by atoms with Crippen molar-refractivity contribution >= 4 is 40.1 Å². The highest BCUT2D eigenvalue weighted by Gasteiger charge is 2.30. The van der Waals surface area contributed by atoms with Crippen LogP contribution in [0.15, 0.2) is 0 Å². The van der Waals surface area contributed by atoms with Crippen LogP contribution in [-0.4, -0.2) is 75.9 Å². The maximum atomic E-state index is 12.1. The van der Waals surface area contributed by atoms with Gasteiger partial charge in [-0.3, -0.25) is 14.5 Å². The highest BCUT2D eigenvalue weighted by Crippen LogP contribution is 2.19. The predicted octanol–water partition coefficient (Wildman–Crippen LogP) is 0.0108. The van der Waals surface area contributed by atoms with Crippen molar-refractivity contribution in [1.82, 2.24) is 14.7 Å². The molecule has 2 aliphatic heterocycles. The fourth-order valence-electron chi connectivity index (χ4n) is 2.08. The van der Waals surface area contributed by atoms with Gasteiger partial charge in [0.05, 0.1) is 5.75 Å². The highest BCUT2D eigenvalue weighted by atomic mass is 32.2. The third-order valence-corrected chi connectivity index (χ3v) is 4.74. The van der Waals surface area contributed by atoms with Crippen molar-refractivity contribution in [3.8, 4) is 0 Å². The zero-order chi connectivity index (χ0) is 13.1. The summed E-state index contributed by atoms with van der Waals surface area (Å²) < 4.78 is 0.528. The van der Waals surface area contributed by atoms with Crippen LogP contribution in [0.3, 0.4) is 0 Å². The second-order valence-electron chi connectivity index (χ2n) is 4.35. The number of hydrogen-bond donors (Lipinski definition) is 0. The zero-order valence-corrected chi connectivity index (χ0v) is 12.1. The summed E-state index contributed by atoms with van der Waals surface area (Å²) in [5.74, 6) is 0.324. The van der Waals surface area contributed by atoms with E-state index >= 15 is 0 Å². The standard InChI is InChI=1S/C11H17N3O2S2/c1-2-12-3-5-13(6-4-12)9(15)7-14-10(16)8-18-11(14)17/h2-8H2,1H3. The van der Waals surface area contributed by atoms with Gasteiger partial charge < -0.3 is 9.80 Å². The first kappa shape index (κ1) is 13.8. The summed E-state index contributed by atoms with van der Waals surface area (Å²) in [6.07, 6.45) is 0. The van der Waals surface area contributed by atoms with Crippen molar-refractivity contribution in [3.63, 3.8) is 0 Å². The molecule has 0 aromatic heterocycles. The van der Waals surface area contributed by atoms with E-state index in [2.05, 4.69) is 11.8 Å². The summed E-state index contributed by atoms with van der Waals surface area (Å²) in [6, 6.07) is 0. The second kappa shape index (κ2) is 5.99. The Morgan fingerprint density at radius 2 is 2.00 bits per heavy atom. The molecule has 0 N–H and O–H groups in total. The van der Waals surface area contributed by atoms with Gasteiger partial charge in [0.25, 0.3) is 0 Å². The SMILES string of the molecule is CCN1CCN(C(=O)CN2C(=O)CSC2=S)CC1. The number of thioether (sulfide) groups is 1. The molecule has 2 fully saturated rings. The monoisotopic (exact) mass is 287 g/mol. The summed E-state index contributed by atoms with van der Waals surface area (Å²) in [5, 5.41) is 0. The first-order chi connectivity index (χ1) is 8.61. The first-order valence-corrected chi connectivity index (χ1v) is 7.48. The molecule has 0 aromatic carbocycles. The van der Waals surface area contributed by atoms with Crippen LogP contribution >= 0.6 is 24.0 Å². The first-order valence-electron chi connectivity index (χ1n) is 6.09. The van der Waals surface area contributed by atoms with Crippen molar-refractivity contribution in [2.24, 2.45) is 0 Å². The lowest BCUT2D eigenvalue weighted by atomic mass is 10.3. The van der Waals surface area contributed by atoms with Gasteiger partial charge in [0.1, 0.15) is 10.9 Å². The number of hydrogen-bond acceptors (Lipinski definition) is 5. The van der Waals surface area contributed by atoms with Crippen LogP contribution < -0.4 is 0 Å². The maximum absolute atomic E-state index is 12.1. The predicted molar refractivity (Wildman–Crippen MR) is 75.5 cm³/mol. The van der Waals surface area contributed by atoms with Crippen molar-refractivity contribution in [2.45, 2.75) is 6.92 Å². The van der Waals surface area contributed by atoms with E-state index in [0.717, 1.165) is 32.7 Å². The molecule has 0 aromatic rings. The zero-order valence-electron chi connectivity index (χ0n) is 10.4. The van der Waals surface area contributed by atoms with Gasteiger partial charge in [-0.15, -0.1) is 0 Å². The van der Waals surface area contributed by atoms with Crippen molar-refractivity contribution in [2.75, 3.05) is 45.0 Å². The molecule has 0 radical (unpaired) electrons. The largest absolute Gasteiger partial charge is 0.339 e. The Bertz CT molecular complexity index is 351. The Labute approximate surface area is 116 Å². The van der Waals surface area contributed by atoms with Crippen LogP contribution in [0.2, 0.25) is 0 Å². The Balaban J connectivity index is 1.85. The number of thiocarbonyl (C=S) groups is 1. The van der Waals surface area contributed by atoms with Crippen LogP contribution in [-0.2, 0) is 9.59 Å². The number of piperazine rings is 1. The van der Waals surface area contributed by atoms with E-state index < -0.39 is 0 Å². The second-order valence-corrected chi connectivity index (χ2v) is 5.96. The minimum absolute atomic E-state index is 0.00366. The molecule has 0 bridgehead atoms. The van der Waals surface area contributed by atoms with Gasteiger partial charge >= 0.3 is 0 Å². The molecule has 18 heavy (non-hydrogen) atoms. The fourth-order valence-corrected chi connectivity index (χ4v) is 3.15. The molecule has 0 unspecified atom stereocenters. The van der Waals surface area contributed by atoms with Gasteiger partial charge in [-0.2, -0.15) is 0 Å². The van der Waals surface area contributed by atoms with E-state index in [0.29, 0.717) is 10.1 Å². The number of amides is 2.